The van der Waals surface area contributed by atoms with Gasteiger partial charge in [0, 0.05) is 16.7 Å². The summed E-state index contributed by atoms with van der Waals surface area (Å²) < 4.78 is 23.1. The quantitative estimate of drug-likeness (QED) is 0.628. The van der Waals surface area contributed by atoms with E-state index in [-0.39, 0.29) is 35.1 Å². The molecule has 0 aliphatic carbocycles. The lowest BCUT2D eigenvalue weighted by Crippen LogP contribution is -2.23. The Morgan fingerprint density at radius 3 is 2.70 bits per heavy atom. The Morgan fingerprint density at radius 2 is 2.20 bits per heavy atom. The van der Waals surface area contributed by atoms with Crippen LogP contribution < -0.4 is 0 Å². The molecular weight excluding hydrogens is 304 g/mol. The van der Waals surface area contributed by atoms with E-state index in [0.717, 1.165) is 0 Å². The van der Waals surface area contributed by atoms with Gasteiger partial charge in [0.2, 0.25) is 0 Å². The molecule has 0 saturated carbocycles. The Balaban J connectivity index is 2.40. The van der Waals surface area contributed by atoms with Gasteiger partial charge >= 0.3 is 0 Å². The smallest absolute Gasteiger partial charge is 0.258 e. The molecule has 106 valence electrons. The van der Waals surface area contributed by atoms with E-state index >= 15 is 0 Å². The molecular formula is C12H11ClN2O4S. The minimum atomic E-state index is -3.25. The molecule has 1 aliphatic rings. The maximum Gasteiger partial charge on any atom is 0.274 e. The molecule has 20 heavy (non-hydrogen) atoms. The van der Waals surface area contributed by atoms with E-state index in [1.54, 1.807) is 0 Å². The van der Waals surface area contributed by atoms with Crippen molar-refractivity contribution in [3.8, 4) is 6.07 Å². The summed E-state index contributed by atoms with van der Waals surface area (Å²) in [7, 11) is -3.25. The topological polar surface area (TPSA) is 101 Å². The average Bonchev–Trinajstić information content (AvgIpc) is 2.68. The van der Waals surface area contributed by atoms with Crippen molar-refractivity contribution in [1.29, 1.82) is 5.26 Å². The van der Waals surface area contributed by atoms with Crippen molar-refractivity contribution in [3.05, 3.63) is 38.9 Å². The third kappa shape index (κ3) is 2.92. The van der Waals surface area contributed by atoms with E-state index in [1.165, 1.54) is 18.2 Å². The molecule has 1 fully saturated rings. The van der Waals surface area contributed by atoms with Gasteiger partial charge in [-0.25, -0.2) is 8.42 Å². The van der Waals surface area contributed by atoms with Crippen molar-refractivity contribution >= 4 is 27.1 Å². The Bertz CT molecular complexity index is 711. The normalized spacial score (nSPS) is 24.2. The van der Waals surface area contributed by atoms with E-state index in [9.17, 15) is 23.8 Å². The maximum atomic E-state index is 11.6. The molecule has 1 aromatic carbocycles. The summed E-state index contributed by atoms with van der Waals surface area (Å²) in [5.74, 6) is -0.307. The number of nitro benzene ring substituents is 1. The van der Waals surface area contributed by atoms with Crippen LogP contribution in [0.3, 0.4) is 0 Å². The lowest BCUT2D eigenvalue weighted by molar-refractivity contribution is -0.385. The first-order chi connectivity index (χ1) is 9.27. The van der Waals surface area contributed by atoms with Gasteiger partial charge < -0.3 is 0 Å². The van der Waals surface area contributed by atoms with Gasteiger partial charge in [0.1, 0.15) is 0 Å². The molecule has 0 radical (unpaired) electrons. The van der Waals surface area contributed by atoms with Crippen LogP contribution in [-0.2, 0) is 16.3 Å². The predicted molar refractivity (Wildman–Crippen MR) is 73.1 cm³/mol. The molecule has 2 rings (SSSR count). The van der Waals surface area contributed by atoms with E-state index < -0.39 is 20.2 Å². The summed E-state index contributed by atoms with van der Waals surface area (Å²) in [6, 6.07) is 6.22. The zero-order valence-corrected chi connectivity index (χ0v) is 11.9. The fraction of sp³-hybridized carbons (Fsp3) is 0.417. The lowest BCUT2D eigenvalue weighted by atomic mass is 9.82. The molecule has 8 heteroatoms. The summed E-state index contributed by atoms with van der Waals surface area (Å²) in [4.78, 5) is 10.4. The molecule has 1 unspecified atom stereocenters. The van der Waals surface area contributed by atoms with Crippen molar-refractivity contribution in [2.24, 2.45) is 5.41 Å². The number of hydrogen-bond acceptors (Lipinski definition) is 5. The van der Waals surface area contributed by atoms with Gasteiger partial charge in [-0.2, -0.15) is 5.26 Å². The van der Waals surface area contributed by atoms with Crippen molar-refractivity contribution < 1.29 is 13.3 Å². The molecule has 1 aromatic rings. The van der Waals surface area contributed by atoms with Crippen molar-refractivity contribution in [2.45, 2.75) is 12.8 Å². The van der Waals surface area contributed by atoms with Gasteiger partial charge in [-0.1, -0.05) is 17.7 Å². The highest BCUT2D eigenvalue weighted by Gasteiger charge is 2.43. The third-order valence-corrected chi connectivity index (χ3v) is 5.45. The monoisotopic (exact) mass is 314 g/mol. The van der Waals surface area contributed by atoms with Crippen LogP contribution >= 0.6 is 11.6 Å². The molecule has 1 atom stereocenters. The number of hydrogen-bond donors (Lipinski definition) is 0. The zero-order valence-electron chi connectivity index (χ0n) is 10.4. The SMILES string of the molecule is N#CC1(Cc2ccc(Cl)cc2[N+](=O)[O-])CCS(=O)(=O)C1. The molecule has 1 heterocycles. The number of benzene rings is 1. The minimum Gasteiger partial charge on any atom is -0.258 e. The highest BCUT2D eigenvalue weighted by atomic mass is 35.5. The summed E-state index contributed by atoms with van der Waals surface area (Å²) >= 11 is 5.73. The van der Waals surface area contributed by atoms with Crippen LogP contribution in [-0.4, -0.2) is 24.8 Å². The van der Waals surface area contributed by atoms with Crippen molar-refractivity contribution in [3.63, 3.8) is 0 Å². The molecule has 6 nitrogen and oxygen atoms in total. The molecule has 1 saturated heterocycles. The number of nitrogens with zero attached hydrogens (tertiary/aromatic N) is 2. The Kier molecular flexibility index (Phi) is 3.71. The summed E-state index contributed by atoms with van der Waals surface area (Å²) in [6.07, 6.45) is 0.238. The van der Waals surface area contributed by atoms with Gasteiger partial charge in [-0.3, -0.25) is 10.1 Å². The van der Waals surface area contributed by atoms with Crippen LogP contribution in [0.5, 0.6) is 0 Å². The number of halogens is 1. The van der Waals surface area contributed by atoms with Crippen LogP contribution in [0.25, 0.3) is 0 Å². The first-order valence-corrected chi connectivity index (χ1v) is 8.01. The molecule has 0 amide bonds. The van der Waals surface area contributed by atoms with E-state index in [2.05, 4.69) is 0 Å². The van der Waals surface area contributed by atoms with Gasteiger partial charge in [-0.15, -0.1) is 0 Å². The van der Waals surface area contributed by atoms with E-state index in [1.807, 2.05) is 6.07 Å². The first kappa shape index (κ1) is 14.8. The first-order valence-electron chi connectivity index (χ1n) is 5.81. The summed E-state index contributed by atoms with van der Waals surface area (Å²) in [6.45, 7) is 0. The van der Waals surface area contributed by atoms with Gasteiger partial charge in [0.05, 0.1) is 27.9 Å². The number of nitro groups is 1. The Hall–Kier alpha value is -1.65. The third-order valence-electron chi connectivity index (χ3n) is 3.40. The van der Waals surface area contributed by atoms with Crippen LogP contribution in [0.15, 0.2) is 18.2 Å². The number of sulfone groups is 1. The van der Waals surface area contributed by atoms with Crippen LogP contribution in [0.4, 0.5) is 5.69 Å². The molecule has 0 aromatic heterocycles. The van der Waals surface area contributed by atoms with Crippen molar-refractivity contribution in [2.75, 3.05) is 11.5 Å². The maximum absolute atomic E-state index is 11.6. The van der Waals surface area contributed by atoms with E-state index in [4.69, 9.17) is 11.6 Å². The van der Waals surface area contributed by atoms with Crippen LogP contribution in [0.1, 0.15) is 12.0 Å². The number of rotatable bonds is 3. The zero-order chi connectivity index (χ0) is 15.0. The second kappa shape index (κ2) is 5.04. The Labute approximate surface area is 121 Å². The molecule has 0 N–H and O–H groups in total. The van der Waals surface area contributed by atoms with Crippen LogP contribution in [0.2, 0.25) is 5.02 Å². The molecule has 0 spiro atoms. The fourth-order valence-corrected chi connectivity index (χ4v) is 4.57. The highest BCUT2D eigenvalue weighted by molar-refractivity contribution is 7.91. The minimum absolute atomic E-state index is 0.0379. The van der Waals surface area contributed by atoms with Gasteiger partial charge in [-0.05, 0) is 18.9 Å². The summed E-state index contributed by atoms with van der Waals surface area (Å²) in [5.41, 5.74) is -0.938. The number of nitriles is 1. The predicted octanol–water partition coefficient (Wildman–Crippen LogP) is 2.12. The summed E-state index contributed by atoms with van der Waals surface area (Å²) in [5, 5.41) is 20.5. The largest absolute Gasteiger partial charge is 0.274 e. The van der Waals surface area contributed by atoms with Gasteiger partial charge in [0.15, 0.2) is 9.84 Å². The highest BCUT2D eigenvalue weighted by Crippen LogP contribution is 2.37. The average molecular weight is 315 g/mol. The van der Waals surface area contributed by atoms with Crippen LogP contribution in [0, 0.1) is 26.9 Å². The molecule has 1 aliphatic heterocycles. The molecule has 0 bridgehead atoms. The fourth-order valence-electron chi connectivity index (χ4n) is 2.40. The van der Waals surface area contributed by atoms with Crippen molar-refractivity contribution in [1.82, 2.24) is 0 Å². The van der Waals surface area contributed by atoms with E-state index in [0.29, 0.717) is 5.56 Å². The van der Waals surface area contributed by atoms with Gasteiger partial charge in [0.25, 0.3) is 5.69 Å². The standard InChI is InChI=1S/C12H11ClN2O4S/c13-10-2-1-9(11(5-10)15(16)17)6-12(7-14)3-4-20(18,19)8-12/h1-2,5H,3-4,6,8H2. The lowest BCUT2D eigenvalue weighted by Gasteiger charge is -2.18. The second-order valence-electron chi connectivity index (χ2n) is 4.94. The second-order valence-corrected chi connectivity index (χ2v) is 7.56. The Morgan fingerprint density at radius 1 is 1.50 bits per heavy atom.